The molecule has 36 nitrogen and oxygen atoms in total. The van der Waals surface area contributed by atoms with E-state index in [1.165, 1.54) is 76.8 Å². The minimum absolute atomic E-state index is 0. The number of aromatic carboxylic acids is 1. The number of aryl methyl sites for hydroxylation is 2. The fourth-order valence-electron chi connectivity index (χ4n) is 9.39. The largest absolute Gasteiger partial charge is 0.475 e. The second-order valence-electron chi connectivity index (χ2n) is 23.0. The Morgan fingerprint density at radius 2 is 0.965 bits per heavy atom. The molecule has 2 unspecified atom stereocenters. The monoisotopic (exact) mass is 1660 g/mol. The molecule has 10 heterocycles. The second-order valence-corrected chi connectivity index (χ2v) is 28.8. The highest BCUT2D eigenvalue weighted by molar-refractivity contribution is 7.16. The summed E-state index contributed by atoms with van der Waals surface area (Å²) in [5, 5.41) is 38.0. The lowest BCUT2D eigenvalue weighted by molar-refractivity contribution is -0.154. The van der Waals surface area contributed by atoms with Crippen LogP contribution >= 0.6 is 34.3 Å². The highest BCUT2D eigenvalue weighted by atomic mass is 35.5. The Balaban J connectivity index is 0.000000283. The first-order valence-electron chi connectivity index (χ1n) is 34.7. The van der Waals surface area contributed by atoms with Crippen LogP contribution in [0.2, 0.25) is 17.4 Å². The molecule has 2 amide bonds. The van der Waals surface area contributed by atoms with Crippen molar-refractivity contribution in [1.29, 1.82) is 0 Å². The molecule has 2 aliphatic carbocycles. The van der Waals surface area contributed by atoms with Gasteiger partial charge in [0.15, 0.2) is 33.1 Å². The molecule has 40 heteroatoms. The predicted octanol–water partition coefficient (Wildman–Crippen LogP) is 10.4. The number of nitrogens with two attached hydrogens (primary N) is 4. The summed E-state index contributed by atoms with van der Waals surface area (Å²) in [4.78, 5) is 108. The van der Waals surface area contributed by atoms with Crippen molar-refractivity contribution in [3.05, 3.63) is 239 Å². The third-order valence-corrected chi connectivity index (χ3v) is 16.1. The summed E-state index contributed by atoms with van der Waals surface area (Å²) in [6, 6.07) is 37.0. The van der Waals surface area contributed by atoms with Gasteiger partial charge in [-0.2, -0.15) is 10.2 Å². The molecule has 10 aromatic heterocycles. The zero-order valence-corrected chi connectivity index (χ0v) is 66.9. The topological polar surface area (TPSA) is 554 Å². The number of Topliss-reactive ketones (excluding diaryl/α,β-unsaturated/α-hetero) is 2. The SMILES string of the molecule is CCOC(=O)C(=O)Cl.CCOC(=O)C(=O)NCC(=O)c1ccco1.CCOC(=O)c1ccco1.CCOC(=O)c1nnc(-c2ccco2)s1.NCC(=O)c1ccco1.NN.Nc1cnn(C2CCc3ccccc32)c1.O.O=C(Nc1cnn(C2CCc3ccccc32)c1)c1nnc(-c2ccco2)s1.O=C(O)c1ccco1.[CH3][Al]([CH3])[CH3]. The van der Waals surface area contributed by atoms with Crippen LogP contribution in [0.1, 0.15) is 137 Å². The van der Waals surface area contributed by atoms with Crippen molar-refractivity contribution in [1.82, 2.24) is 45.3 Å². The molecule has 115 heavy (non-hydrogen) atoms. The molecule has 0 radical (unpaired) electrons. The van der Waals surface area contributed by atoms with Gasteiger partial charge in [-0.05, 0) is 160 Å². The van der Waals surface area contributed by atoms with Crippen LogP contribution in [-0.2, 0) is 51.0 Å². The van der Waals surface area contributed by atoms with Crippen LogP contribution in [0.25, 0.3) is 21.5 Å². The molecule has 0 bridgehead atoms. The summed E-state index contributed by atoms with van der Waals surface area (Å²) in [5.74, 6) is 11.1. The Hall–Kier alpha value is -12.6. The Morgan fingerprint density at radius 3 is 1.39 bits per heavy atom. The number of nitrogen functional groups attached to an aromatic ring is 1. The van der Waals surface area contributed by atoms with E-state index in [-0.39, 0.29) is 91.0 Å². The van der Waals surface area contributed by atoms with Gasteiger partial charge in [-0.1, -0.05) is 71.2 Å². The number of nitrogens with one attached hydrogen (secondary N) is 2. The molecule has 0 saturated carbocycles. The van der Waals surface area contributed by atoms with E-state index in [1.54, 1.807) is 107 Å². The molecule has 0 spiro atoms. The van der Waals surface area contributed by atoms with Gasteiger partial charge in [0.2, 0.25) is 33.1 Å². The number of nitrogens with zero attached hydrogens (tertiary/aromatic N) is 8. The Labute approximate surface area is 675 Å². The zero-order valence-electron chi connectivity index (χ0n) is 63.3. The van der Waals surface area contributed by atoms with E-state index in [9.17, 15) is 47.9 Å². The first-order chi connectivity index (χ1) is 55.0. The lowest BCUT2D eigenvalue weighted by Crippen LogP contribution is -2.36. The lowest BCUT2D eigenvalue weighted by Gasteiger charge is -2.11. The van der Waals surface area contributed by atoms with Gasteiger partial charge >= 0.3 is 41.0 Å². The number of esters is 4. The second kappa shape index (κ2) is 51.9. The Bertz CT molecular complexity index is 4850. The Morgan fingerprint density at radius 1 is 0.539 bits per heavy atom. The fraction of sp³-hybridized carbons (Fsp3) is 0.253. The Kier molecular flexibility index (Phi) is 42.8. The molecular weight excluding hydrogens is 1580 g/mol. The number of carboxylic acids is 1. The molecule has 0 saturated heterocycles. The number of furan rings is 6. The summed E-state index contributed by atoms with van der Waals surface area (Å²) in [6.07, 6.45) is 20.1. The minimum atomic E-state index is -1.08. The third-order valence-electron chi connectivity index (χ3n) is 14.1. The van der Waals surface area contributed by atoms with Crippen molar-refractivity contribution in [2.24, 2.45) is 17.4 Å². The third kappa shape index (κ3) is 32.2. The van der Waals surface area contributed by atoms with Crippen LogP contribution < -0.4 is 33.8 Å². The molecule has 0 aliphatic heterocycles. The lowest BCUT2D eigenvalue weighted by atomic mass is 10.1. The maximum atomic E-state index is 12.5. The number of rotatable bonds is 19. The average Bonchev–Trinajstić information content (AvgIpc) is 1.66. The number of fused-ring (bicyclic) bond motifs is 2. The summed E-state index contributed by atoms with van der Waals surface area (Å²) < 4.78 is 51.2. The van der Waals surface area contributed by atoms with Crippen LogP contribution in [0.5, 0.6) is 0 Å². The van der Waals surface area contributed by atoms with E-state index in [0.717, 1.165) is 42.7 Å². The van der Waals surface area contributed by atoms with Crippen LogP contribution in [-0.4, -0.2) is 163 Å². The molecule has 2 atom stereocenters. The van der Waals surface area contributed by atoms with E-state index in [0.29, 0.717) is 52.2 Å². The van der Waals surface area contributed by atoms with Crippen molar-refractivity contribution in [3.8, 4) is 21.5 Å². The fourth-order valence-corrected chi connectivity index (χ4v) is 10.9. The van der Waals surface area contributed by atoms with Crippen molar-refractivity contribution in [2.75, 3.05) is 50.6 Å². The standard InChI is InChI=1S/C19H15N5O2S.C12H13N3.C10H11NO5.C9H8N2O3S.C7H8O3.C6H7NO2.C5H4O3.C4H5ClO3.3CH3.Al.H4N2.H2O/c25-17(19-23-22-18(27-19)16-6-3-9-26-16)21-13-10-20-24(11-13)15-8-7-12-4-1-2-5-14(12)15;13-10-7-14-15(8-10)12-6-5-9-3-1-2-4-11(9)12;1-2-15-10(14)9(13)11-6-7(12)8-4-3-5-16-8;1-2-13-9(12)8-11-10-7(15-8)6-4-3-5-14-6;1-2-9-7(8)6-4-3-5-10-6;7-4-5(8)6-2-1-3-9-6;6-5(7)4-2-1-3-8-4;1-2-8-4(7)3(5)6;;;;;1-2;/h1-6,9-11,15H,7-8H2,(H,21,25);1-4,7-8,12H,5-6,13H2;3-5H,2,6H2,1H3,(H,11,13);3-5H,2H2,1H3;3-5H,2H2,1H3;1-3H,4,7H2;1-3H,(H,6,7);2H2,1H3;3*1H3;;1-2H2;1H2. The zero-order chi connectivity index (χ0) is 83.3. The molecule has 14 rings (SSSR count). The summed E-state index contributed by atoms with van der Waals surface area (Å²) in [7, 11) is 0. The number of halogens is 1. The van der Waals surface area contributed by atoms with Gasteiger partial charge in [-0.15, -0.1) is 37.8 Å². The molecular formula is C75H86AlClN14O22S2. The van der Waals surface area contributed by atoms with Crippen LogP contribution in [0.4, 0.5) is 11.4 Å². The molecule has 12 aromatic rings. The minimum Gasteiger partial charge on any atom is -0.475 e. The highest BCUT2D eigenvalue weighted by Crippen LogP contribution is 2.36. The number of carboxylic acid groups (broad SMARTS) is 1. The number of ether oxygens (including phenoxy) is 4. The average molecular weight is 1660 g/mol. The van der Waals surface area contributed by atoms with Gasteiger partial charge in [-0.25, -0.2) is 24.0 Å². The summed E-state index contributed by atoms with van der Waals surface area (Å²) in [5.41, 5.74) is 17.6. The van der Waals surface area contributed by atoms with Crippen molar-refractivity contribution >= 4 is 118 Å². The number of benzene rings is 2. The van der Waals surface area contributed by atoms with E-state index in [4.69, 9.17) is 55.0 Å². The van der Waals surface area contributed by atoms with Crippen LogP contribution in [0, 0.1) is 0 Å². The molecule has 0 fully saturated rings. The number of hydrogen-bond donors (Lipinski definition) is 7. The summed E-state index contributed by atoms with van der Waals surface area (Å²) in [6.45, 7) is 7.37. The van der Waals surface area contributed by atoms with Crippen molar-refractivity contribution in [3.63, 3.8) is 0 Å². The number of carbonyl (C=O) groups excluding carboxylic acids is 9. The van der Waals surface area contributed by atoms with Crippen LogP contribution in [0.15, 0.2) is 210 Å². The highest BCUT2D eigenvalue weighted by Gasteiger charge is 2.27. The van der Waals surface area contributed by atoms with E-state index < -0.39 is 46.8 Å². The van der Waals surface area contributed by atoms with E-state index in [2.05, 4.69) is 137 Å². The predicted molar refractivity (Wildman–Crippen MR) is 422 cm³/mol. The number of ketones is 2. The van der Waals surface area contributed by atoms with Crippen LogP contribution in [0.3, 0.4) is 0 Å². The number of amides is 2. The number of hydrazine groups is 1. The number of anilines is 2. The summed E-state index contributed by atoms with van der Waals surface area (Å²) >= 11 is 6.89. The van der Waals surface area contributed by atoms with Gasteiger partial charge in [0, 0.05) is 12.4 Å². The normalized spacial score (nSPS) is 11.9. The van der Waals surface area contributed by atoms with Gasteiger partial charge < -0.3 is 78.1 Å². The first-order valence-corrected chi connectivity index (χ1v) is 40.1. The van der Waals surface area contributed by atoms with Crippen molar-refractivity contribution < 1.29 is 104 Å². The van der Waals surface area contributed by atoms with E-state index in [1.807, 2.05) is 21.8 Å². The van der Waals surface area contributed by atoms with Gasteiger partial charge in [0.1, 0.15) is 0 Å². The molecule has 13 N–H and O–H groups in total. The smallest absolute Gasteiger partial charge is 0.396 e. The molecule has 2 aliphatic rings. The first kappa shape index (κ1) is 94.8. The maximum absolute atomic E-state index is 12.5. The van der Waals surface area contributed by atoms with Gasteiger partial charge in [-0.3, -0.25) is 45.0 Å². The number of carbonyl (C=O) groups is 10. The number of aromatic nitrogens is 8. The molecule has 610 valence electrons. The van der Waals surface area contributed by atoms with Gasteiger partial charge in [0.25, 0.3) is 20.1 Å². The van der Waals surface area contributed by atoms with E-state index >= 15 is 0 Å². The number of hydrogen-bond acceptors (Lipinski definition) is 32. The maximum Gasteiger partial charge on any atom is 0.396 e. The molecule has 2 aromatic carbocycles. The quantitative estimate of drug-likeness (QED) is 0.00578. The van der Waals surface area contributed by atoms with Gasteiger partial charge in [0.05, 0.1) is 113 Å². The van der Waals surface area contributed by atoms with Crippen molar-refractivity contribution in [2.45, 2.75) is 82.8 Å².